The normalized spacial score (nSPS) is 25.2. The van der Waals surface area contributed by atoms with E-state index in [9.17, 15) is 4.79 Å². The summed E-state index contributed by atoms with van der Waals surface area (Å²) in [5.74, 6) is -0.107. The molecular formula is C8H16N2O2. The van der Waals surface area contributed by atoms with Gasteiger partial charge in [0.25, 0.3) is 5.91 Å². The Kier molecular flexibility index (Phi) is 2.39. The molecule has 0 radical (unpaired) electrons. The smallest absolute Gasteiger partial charge is 0.263 e. The van der Waals surface area contributed by atoms with Crippen molar-refractivity contribution >= 4 is 5.91 Å². The van der Waals surface area contributed by atoms with E-state index in [2.05, 4.69) is 0 Å². The average Bonchev–Trinajstić information content (AvgIpc) is 2.16. The zero-order valence-corrected chi connectivity index (χ0v) is 7.83. The molecule has 0 aromatic carbocycles. The van der Waals surface area contributed by atoms with Crippen LogP contribution < -0.4 is 5.73 Å². The third kappa shape index (κ3) is 2.19. The molecule has 1 fully saturated rings. The second-order valence-electron chi connectivity index (χ2n) is 4.04. The minimum absolute atomic E-state index is 0.107. The van der Waals surface area contributed by atoms with Crippen LogP contribution >= 0.6 is 0 Å². The van der Waals surface area contributed by atoms with E-state index in [-0.39, 0.29) is 17.6 Å². The largest absolute Gasteiger partial charge is 0.320 e. The van der Waals surface area contributed by atoms with Crippen molar-refractivity contribution in [2.75, 3.05) is 6.54 Å². The van der Waals surface area contributed by atoms with E-state index in [0.29, 0.717) is 13.0 Å². The van der Waals surface area contributed by atoms with Crippen LogP contribution in [0.5, 0.6) is 0 Å². The Balaban J connectivity index is 2.50. The molecule has 2 N–H and O–H groups in total. The number of carbonyl (C=O) groups is 1. The molecule has 0 aromatic rings. The summed E-state index contributed by atoms with van der Waals surface area (Å²) in [4.78, 5) is 16.6. The number of nitrogens with zero attached hydrogens (tertiary/aromatic N) is 1. The van der Waals surface area contributed by atoms with Gasteiger partial charge in [0.2, 0.25) is 0 Å². The molecule has 1 aliphatic heterocycles. The lowest BCUT2D eigenvalue weighted by Gasteiger charge is -2.26. The van der Waals surface area contributed by atoms with E-state index >= 15 is 0 Å². The van der Waals surface area contributed by atoms with E-state index in [4.69, 9.17) is 10.6 Å². The molecule has 1 atom stereocenters. The molecule has 1 amide bonds. The quantitative estimate of drug-likeness (QED) is 0.618. The fourth-order valence-corrected chi connectivity index (χ4v) is 1.10. The second kappa shape index (κ2) is 3.03. The van der Waals surface area contributed by atoms with E-state index in [1.54, 1.807) is 0 Å². The van der Waals surface area contributed by atoms with Gasteiger partial charge in [0.1, 0.15) is 0 Å². The molecule has 4 heteroatoms. The highest BCUT2D eigenvalue weighted by Crippen LogP contribution is 2.16. The molecule has 0 bridgehead atoms. The second-order valence-corrected chi connectivity index (χ2v) is 4.04. The van der Waals surface area contributed by atoms with E-state index in [1.807, 2.05) is 20.8 Å². The molecule has 4 nitrogen and oxygen atoms in total. The number of nitrogens with two attached hydrogens (primary N) is 1. The molecule has 1 rings (SSSR count). The van der Waals surface area contributed by atoms with Crippen molar-refractivity contribution in [1.29, 1.82) is 0 Å². The van der Waals surface area contributed by atoms with E-state index in [1.165, 1.54) is 5.06 Å². The summed E-state index contributed by atoms with van der Waals surface area (Å²) in [6.07, 6.45) is 0.689. The summed E-state index contributed by atoms with van der Waals surface area (Å²) >= 11 is 0. The lowest BCUT2D eigenvalue weighted by Crippen LogP contribution is -2.39. The minimum Gasteiger partial charge on any atom is -0.320 e. The Bertz CT molecular complexity index is 186. The molecular weight excluding hydrogens is 156 g/mol. The lowest BCUT2D eigenvalue weighted by atomic mass is 10.2. The van der Waals surface area contributed by atoms with Crippen LogP contribution in [0, 0.1) is 0 Å². The van der Waals surface area contributed by atoms with Gasteiger partial charge < -0.3 is 5.73 Å². The summed E-state index contributed by atoms with van der Waals surface area (Å²) in [5.41, 5.74) is 5.20. The topological polar surface area (TPSA) is 55.6 Å². The highest BCUT2D eigenvalue weighted by Gasteiger charge is 2.32. The molecule has 0 saturated carbocycles. The van der Waals surface area contributed by atoms with E-state index < -0.39 is 0 Å². The monoisotopic (exact) mass is 172 g/mol. The zero-order chi connectivity index (χ0) is 9.35. The summed E-state index contributed by atoms with van der Waals surface area (Å²) < 4.78 is 0. The van der Waals surface area contributed by atoms with Gasteiger partial charge in [-0.25, -0.2) is 5.06 Å². The maximum atomic E-state index is 11.3. The van der Waals surface area contributed by atoms with Crippen LogP contribution in [0.3, 0.4) is 0 Å². The molecule has 0 aliphatic carbocycles. The van der Waals surface area contributed by atoms with Crippen LogP contribution in [0.4, 0.5) is 0 Å². The standard InChI is InChI=1S/C8H16N2O2/c1-8(2,3)12-10-5-4-6(9)7(10)11/h6H,4-5,9H2,1-3H3. The van der Waals surface area contributed by atoms with Crippen molar-refractivity contribution in [3.05, 3.63) is 0 Å². The van der Waals surface area contributed by atoms with Crippen molar-refractivity contribution in [1.82, 2.24) is 5.06 Å². The minimum atomic E-state index is -0.368. The lowest BCUT2D eigenvalue weighted by molar-refractivity contribution is -0.218. The Morgan fingerprint density at radius 1 is 1.58 bits per heavy atom. The highest BCUT2D eigenvalue weighted by atomic mass is 16.7. The molecule has 1 heterocycles. The first kappa shape index (κ1) is 9.48. The fraction of sp³-hybridized carbons (Fsp3) is 0.875. The molecule has 0 spiro atoms. The molecule has 70 valence electrons. The first-order valence-corrected chi connectivity index (χ1v) is 4.16. The van der Waals surface area contributed by atoms with Gasteiger partial charge in [-0.15, -0.1) is 0 Å². The number of hydrogen-bond donors (Lipinski definition) is 1. The Labute approximate surface area is 72.6 Å². The van der Waals surface area contributed by atoms with Gasteiger partial charge in [0, 0.05) is 0 Å². The first-order chi connectivity index (χ1) is 5.40. The van der Waals surface area contributed by atoms with Crippen LogP contribution in [-0.4, -0.2) is 29.2 Å². The number of amides is 1. The highest BCUT2D eigenvalue weighted by molar-refractivity contribution is 5.82. The van der Waals surface area contributed by atoms with Crippen molar-refractivity contribution < 1.29 is 9.63 Å². The van der Waals surface area contributed by atoms with Crippen LogP contribution in [0.2, 0.25) is 0 Å². The van der Waals surface area contributed by atoms with Gasteiger partial charge in [-0.05, 0) is 27.2 Å². The molecule has 12 heavy (non-hydrogen) atoms. The molecule has 0 aromatic heterocycles. The van der Waals surface area contributed by atoms with Gasteiger partial charge >= 0.3 is 0 Å². The summed E-state index contributed by atoms with van der Waals surface area (Å²) in [5, 5.41) is 1.37. The molecule has 1 unspecified atom stereocenters. The van der Waals surface area contributed by atoms with Crippen molar-refractivity contribution in [2.24, 2.45) is 5.73 Å². The first-order valence-electron chi connectivity index (χ1n) is 4.16. The molecule has 1 aliphatic rings. The summed E-state index contributed by atoms with van der Waals surface area (Å²) in [6, 6.07) is -0.368. The van der Waals surface area contributed by atoms with Gasteiger partial charge in [-0.3, -0.25) is 9.63 Å². The molecule has 1 saturated heterocycles. The summed E-state index contributed by atoms with van der Waals surface area (Å²) in [7, 11) is 0. The summed E-state index contributed by atoms with van der Waals surface area (Å²) in [6.45, 7) is 6.33. The van der Waals surface area contributed by atoms with Crippen LogP contribution in [0.15, 0.2) is 0 Å². The third-order valence-electron chi connectivity index (χ3n) is 1.59. The number of carbonyl (C=O) groups excluding carboxylic acids is 1. The van der Waals surface area contributed by atoms with Crippen LogP contribution in [-0.2, 0) is 9.63 Å². The Morgan fingerprint density at radius 2 is 2.17 bits per heavy atom. The van der Waals surface area contributed by atoms with Crippen molar-refractivity contribution in [3.63, 3.8) is 0 Å². The SMILES string of the molecule is CC(C)(C)ON1CCC(N)C1=O. The maximum Gasteiger partial charge on any atom is 0.263 e. The Hall–Kier alpha value is -0.610. The predicted octanol–water partition coefficient (Wildman–Crippen LogP) is 0.276. The predicted molar refractivity (Wildman–Crippen MR) is 45.1 cm³/mol. The zero-order valence-electron chi connectivity index (χ0n) is 7.83. The Morgan fingerprint density at radius 3 is 2.50 bits per heavy atom. The van der Waals surface area contributed by atoms with Crippen molar-refractivity contribution in [3.8, 4) is 0 Å². The van der Waals surface area contributed by atoms with Gasteiger partial charge in [0.15, 0.2) is 0 Å². The third-order valence-corrected chi connectivity index (χ3v) is 1.59. The number of hydrogen-bond acceptors (Lipinski definition) is 3. The number of hydroxylamine groups is 2. The average molecular weight is 172 g/mol. The van der Waals surface area contributed by atoms with Gasteiger partial charge in [-0.2, -0.15) is 0 Å². The van der Waals surface area contributed by atoms with Crippen LogP contribution in [0.25, 0.3) is 0 Å². The maximum absolute atomic E-state index is 11.3. The van der Waals surface area contributed by atoms with Gasteiger partial charge in [-0.1, -0.05) is 0 Å². The van der Waals surface area contributed by atoms with Crippen molar-refractivity contribution in [2.45, 2.75) is 38.8 Å². The van der Waals surface area contributed by atoms with Gasteiger partial charge in [0.05, 0.1) is 18.2 Å². The number of rotatable bonds is 1. The fourth-order valence-electron chi connectivity index (χ4n) is 1.10. The van der Waals surface area contributed by atoms with E-state index in [0.717, 1.165) is 0 Å². The van der Waals surface area contributed by atoms with Crippen LogP contribution in [0.1, 0.15) is 27.2 Å².